The molecular weight excluding hydrogens is 358 g/mol. The second-order valence-corrected chi connectivity index (χ2v) is 7.51. The first-order valence-corrected chi connectivity index (χ1v) is 10.0. The van der Waals surface area contributed by atoms with Crippen LogP contribution in [0.3, 0.4) is 0 Å². The van der Waals surface area contributed by atoms with Crippen molar-refractivity contribution in [2.24, 2.45) is 0 Å². The van der Waals surface area contributed by atoms with Gasteiger partial charge in [-0.2, -0.15) is 0 Å². The van der Waals surface area contributed by atoms with Gasteiger partial charge in [-0.25, -0.2) is 0 Å². The molecule has 0 unspecified atom stereocenters. The van der Waals surface area contributed by atoms with E-state index >= 15 is 0 Å². The Morgan fingerprint density at radius 3 is 2.33 bits per heavy atom. The van der Waals surface area contributed by atoms with E-state index in [0.29, 0.717) is 11.4 Å². The van der Waals surface area contributed by atoms with Crippen LogP contribution in [0.4, 0.5) is 5.69 Å². The normalized spacial score (nSPS) is 19.9. The van der Waals surface area contributed by atoms with Gasteiger partial charge in [0.2, 0.25) is 5.91 Å². The van der Waals surface area contributed by atoms with Gasteiger partial charge >= 0.3 is 0 Å². The largest absolute Gasteiger partial charge is 0.326 e. The van der Waals surface area contributed by atoms with E-state index in [1.54, 1.807) is 17.0 Å². The van der Waals surface area contributed by atoms with Crippen molar-refractivity contribution in [1.29, 1.82) is 0 Å². The van der Waals surface area contributed by atoms with Gasteiger partial charge in [0.15, 0.2) is 0 Å². The van der Waals surface area contributed by atoms with Crippen LogP contribution >= 0.6 is 11.6 Å². The van der Waals surface area contributed by atoms with E-state index in [9.17, 15) is 4.79 Å². The first-order valence-electron chi connectivity index (χ1n) is 9.63. The summed E-state index contributed by atoms with van der Waals surface area (Å²) in [5, 5.41) is 3.61. The number of piperazine rings is 1. The number of carbonyl (C=O) groups is 1. The number of carbonyl (C=O) groups excluding carboxylic acids is 1. The van der Waals surface area contributed by atoms with Crippen LogP contribution in [0.2, 0.25) is 5.02 Å². The lowest BCUT2D eigenvalue weighted by Crippen LogP contribution is -3.28. The molecule has 1 fully saturated rings. The number of nitrogens with one attached hydrogen (secondary N) is 3. The van der Waals surface area contributed by atoms with Crippen molar-refractivity contribution in [2.75, 3.05) is 44.6 Å². The van der Waals surface area contributed by atoms with E-state index in [1.165, 1.54) is 10.5 Å². The quantitative estimate of drug-likeness (QED) is 0.657. The van der Waals surface area contributed by atoms with Crippen LogP contribution in [0.1, 0.15) is 12.0 Å². The molecule has 142 valence electrons. The molecule has 3 rings (SSSR count). The minimum absolute atomic E-state index is 0.0744. The van der Waals surface area contributed by atoms with Gasteiger partial charge in [0.1, 0.15) is 26.2 Å². The Morgan fingerprint density at radius 1 is 0.963 bits per heavy atom. The van der Waals surface area contributed by atoms with Crippen molar-refractivity contribution in [3.05, 3.63) is 71.3 Å². The Hall–Kier alpha value is -2.14. The number of amides is 1. The van der Waals surface area contributed by atoms with Gasteiger partial charge in [0.25, 0.3) is 0 Å². The standard InChI is InChI=1S/C22H26ClN3O/c23-20-8-10-21(11-9-20)24-22(27)12-14-26-17-15-25(16-18-26)13-4-7-19-5-2-1-3-6-19/h1-11H,12-18H2,(H,24,27)/p+2/b7-4+. The highest BCUT2D eigenvalue weighted by atomic mass is 35.5. The van der Waals surface area contributed by atoms with Crippen LogP contribution < -0.4 is 15.1 Å². The number of hydrogen-bond acceptors (Lipinski definition) is 1. The van der Waals surface area contributed by atoms with Crippen LogP contribution in [-0.4, -0.2) is 45.2 Å². The topological polar surface area (TPSA) is 38.0 Å². The van der Waals surface area contributed by atoms with Crippen molar-refractivity contribution in [3.63, 3.8) is 0 Å². The molecule has 3 N–H and O–H groups in total. The summed E-state index contributed by atoms with van der Waals surface area (Å²) in [6, 6.07) is 17.7. The summed E-state index contributed by atoms with van der Waals surface area (Å²) in [5.41, 5.74) is 2.06. The number of halogens is 1. The molecule has 4 nitrogen and oxygen atoms in total. The fourth-order valence-corrected chi connectivity index (χ4v) is 3.51. The molecule has 0 atom stereocenters. The number of quaternary nitrogens is 2. The molecule has 2 aromatic rings. The molecule has 0 bridgehead atoms. The molecule has 1 heterocycles. The first-order chi connectivity index (χ1) is 13.2. The molecule has 0 spiro atoms. The minimum Gasteiger partial charge on any atom is -0.326 e. The van der Waals surface area contributed by atoms with Crippen molar-refractivity contribution in [3.8, 4) is 0 Å². The lowest BCUT2D eigenvalue weighted by atomic mass is 10.2. The molecule has 1 saturated heterocycles. The van der Waals surface area contributed by atoms with Crippen LogP contribution in [0.15, 0.2) is 60.7 Å². The molecule has 1 aliphatic rings. The molecule has 0 aliphatic carbocycles. The van der Waals surface area contributed by atoms with Gasteiger partial charge in [0.05, 0.1) is 19.5 Å². The zero-order valence-corrected chi connectivity index (χ0v) is 16.3. The summed E-state index contributed by atoms with van der Waals surface area (Å²) in [6.45, 7) is 6.54. The molecule has 0 radical (unpaired) electrons. The zero-order chi connectivity index (χ0) is 18.9. The highest BCUT2D eigenvalue weighted by Gasteiger charge is 2.22. The summed E-state index contributed by atoms with van der Waals surface area (Å²) < 4.78 is 0. The summed E-state index contributed by atoms with van der Waals surface area (Å²) >= 11 is 5.86. The van der Waals surface area contributed by atoms with E-state index < -0.39 is 0 Å². The third kappa shape index (κ3) is 6.83. The second-order valence-electron chi connectivity index (χ2n) is 7.07. The Kier molecular flexibility index (Phi) is 7.45. The predicted octanol–water partition coefficient (Wildman–Crippen LogP) is 1.17. The summed E-state index contributed by atoms with van der Waals surface area (Å²) in [5.74, 6) is 0.0744. The number of anilines is 1. The fourth-order valence-electron chi connectivity index (χ4n) is 3.38. The maximum atomic E-state index is 12.1. The molecule has 0 saturated carbocycles. The van der Waals surface area contributed by atoms with Gasteiger partial charge in [0, 0.05) is 10.7 Å². The van der Waals surface area contributed by atoms with Crippen molar-refractivity contribution < 1.29 is 14.6 Å². The highest BCUT2D eigenvalue weighted by Crippen LogP contribution is 2.13. The highest BCUT2D eigenvalue weighted by molar-refractivity contribution is 6.30. The SMILES string of the molecule is O=C(CC[NH+]1CC[NH+](C/C=C/c2ccccc2)CC1)Nc1ccc(Cl)cc1. The van der Waals surface area contributed by atoms with E-state index in [-0.39, 0.29) is 5.91 Å². The third-order valence-electron chi connectivity index (χ3n) is 5.01. The van der Waals surface area contributed by atoms with E-state index in [2.05, 4.69) is 41.7 Å². The van der Waals surface area contributed by atoms with Gasteiger partial charge in [-0.15, -0.1) is 0 Å². The van der Waals surface area contributed by atoms with Gasteiger partial charge in [-0.1, -0.05) is 48.0 Å². The van der Waals surface area contributed by atoms with Crippen molar-refractivity contribution in [1.82, 2.24) is 0 Å². The molecule has 27 heavy (non-hydrogen) atoms. The zero-order valence-electron chi connectivity index (χ0n) is 15.6. The third-order valence-corrected chi connectivity index (χ3v) is 5.27. The lowest BCUT2D eigenvalue weighted by molar-refractivity contribution is -1.01. The molecule has 1 amide bonds. The average Bonchev–Trinajstić information content (AvgIpc) is 2.70. The van der Waals surface area contributed by atoms with Gasteiger partial charge < -0.3 is 15.1 Å². The Morgan fingerprint density at radius 2 is 1.63 bits per heavy atom. The molecule has 2 aromatic carbocycles. The van der Waals surface area contributed by atoms with Crippen molar-refractivity contribution >= 4 is 29.3 Å². The van der Waals surface area contributed by atoms with Crippen LogP contribution in [0, 0.1) is 0 Å². The molecule has 5 heteroatoms. The van der Waals surface area contributed by atoms with Crippen LogP contribution in [0.5, 0.6) is 0 Å². The summed E-state index contributed by atoms with van der Waals surface area (Å²) in [4.78, 5) is 15.3. The van der Waals surface area contributed by atoms with E-state index in [1.807, 2.05) is 18.2 Å². The smallest absolute Gasteiger partial charge is 0.230 e. The Balaban J connectivity index is 1.32. The second kappa shape index (κ2) is 10.3. The monoisotopic (exact) mass is 385 g/mol. The number of hydrogen-bond donors (Lipinski definition) is 3. The molecule has 1 aliphatic heterocycles. The lowest BCUT2D eigenvalue weighted by Gasteiger charge is -2.29. The maximum absolute atomic E-state index is 12.1. The maximum Gasteiger partial charge on any atom is 0.230 e. The fraction of sp³-hybridized carbons (Fsp3) is 0.318. The van der Waals surface area contributed by atoms with E-state index in [4.69, 9.17) is 11.6 Å². The van der Waals surface area contributed by atoms with Crippen molar-refractivity contribution in [2.45, 2.75) is 6.42 Å². The number of benzene rings is 2. The van der Waals surface area contributed by atoms with E-state index in [0.717, 1.165) is 45.0 Å². The molecular formula is C22H28ClN3O+2. The van der Waals surface area contributed by atoms with Crippen LogP contribution in [-0.2, 0) is 4.79 Å². The average molecular weight is 386 g/mol. The summed E-state index contributed by atoms with van der Waals surface area (Å²) in [7, 11) is 0. The minimum atomic E-state index is 0.0744. The Labute approximate surface area is 166 Å². The summed E-state index contributed by atoms with van der Waals surface area (Å²) in [6.07, 6.45) is 5.03. The van der Waals surface area contributed by atoms with Crippen LogP contribution in [0.25, 0.3) is 6.08 Å². The molecule has 0 aromatic heterocycles. The first kappa shape index (κ1) is 19.6. The van der Waals surface area contributed by atoms with Gasteiger partial charge in [-0.05, 0) is 35.9 Å². The Bertz CT molecular complexity index is 738. The number of rotatable bonds is 7. The van der Waals surface area contributed by atoms with Gasteiger partial charge in [-0.3, -0.25) is 4.79 Å². The predicted molar refractivity (Wildman–Crippen MR) is 111 cm³/mol.